The van der Waals surface area contributed by atoms with Crippen LogP contribution in [0.3, 0.4) is 0 Å². The quantitative estimate of drug-likeness (QED) is 0.826. The molecule has 1 fully saturated rings. The number of nitrogens with two attached hydrogens (primary N) is 1. The molecule has 2 rings (SSSR count). The van der Waals surface area contributed by atoms with Crippen molar-refractivity contribution < 1.29 is 17.5 Å². The number of benzene rings is 1. The molecule has 20 heavy (non-hydrogen) atoms. The van der Waals surface area contributed by atoms with Crippen LogP contribution in [0.15, 0.2) is 23.1 Å². The highest BCUT2D eigenvalue weighted by Gasteiger charge is 2.29. The molecule has 0 amide bonds. The molecule has 1 aromatic carbocycles. The zero-order chi connectivity index (χ0) is 14.8. The van der Waals surface area contributed by atoms with Crippen molar-refractivity contribution >= 4 is 15.7 Å². The van der Waals surface area contributed by atoms with E-state index in [0.29, 0.717) is 19.8 Å². The molecule has 0 aromatic heterocycles. The van der Waals surface area contributed by atoms with Gasteiger partial charge in [0.15, 0.2) is 0 Å². The highest BCUT2D eigenvalue weighted by atomic mass is 32.2. The van der Waals surface area contributed by atoms with Crippen molar-refractivity contribution in [3.8, 4) is 0 Å². The lowest BCUT2D eigenvalue weighted by molar-refractivity contribution is 0.0265. The number of hydrogen-bond acceptors (Lipinski definition) is 4. The third-order valence-electron chi connectivity index (χ3n) is 3.67. The molecule has 1 heterocycles. The smallest absolute Gasteiger partial charge is 0.240 e. The fourth-order valence-electron chi connectivity index (χ4n) is 2.07. The molecule has 1 saturated heterocycles. The number of nitrogen functional groups attached to an aromatic ring is 1. The average molecular weight is 302 g/mol. The molecule has 3 N–H and O–H groups in total. The van der Waals surface area contributed by atoms with Gasteiger partial charge in [0.1, 0.15) is 5.82 Å². The first-order chi connectivity index (χ1) is 9.32. The standard InChI is InChI=1S/C13H19FN2O3S/c1-13(4-6-19-7-5-13)9-16-20(17,18)10-2-3-12(15)11(14)8-10/h2-3,8,16H,4-7,9,15H2,1H3. The summed E-state index contributed by atoms with van der Waals surface area (Å²) in [6.45, 7) is 3.59. The number of anilines is 1. The molecule has 0 radical (unpaired) electrons. The van der Waals surface area contributed by atoms with Gasteiger partial charge in [-0.15, -0.1) is 0 Å². The minimum absolute atomic E-state index is 0.0691. The maximum atomic E-state index is 13.3. The second kappa shape index (κ2) is 5.67. The molecule has 0 bridgehead atoms. The normalized spacial score (nSPS) is 18.9. The fraction of sp³-hybridized carbons (Fsp3) is 0.538. The summed E-state index contributed by atoms with van der Waals surface area (Å²) >= 11 is 0. The molecule has 0 saturated carbocycles. The van der Waals surface area contributed by atoms with Crippen molar-refractivity contribution in [3.63, 3.8) is 0 Å². The minimum Gasteiger partial charge on any atom is -0.396 e. The van der Waals surface area contributed by atoms with Gasteiger partial charge >= 0.3 is 0 Å². The highest BCUT2D eigenvalue weighted by Crippen LogP contribution is 2.29. The maximum Gasteiger partial charge on any atom is 0.240 e. The van der Waals surface area contributed by atoms with Gasteiger partial charge in [-0.2, -0.15) is 0 Å². The predicted octanol–water partition coefficient (Wildman–Crippen LogP) is 1.50. The zero-order valence-corrected chi connectivity index (χ0v) is 12.2. The summed E-state index contributed by atoms with van der Waals surface area (Å²) in [7, 11) is -3.72. The van der Waals surface area contributed by atoms with Crippen molar-refractivity contribution in [2.75, 3.05) is 25.5 Å². The molecule has 112 valence electrons. The summed E-state index contributed by atoms with van der Waals surface area (Å²) in [5, 5.41) is 0. The van der Waals surface area contributed by atoms with Crippen LogP contribution >= 0.6 is 0 Å². The van der Waals surface area contributed by atoms with Crippen LogP contribution in [-0.4, -0.2) is 28.2 Å². The number of hydrogen-bond donors (Lipinski definition) is 2. The molecule has 1 aliphatic heterocycles. The van der Waals surface area contributed by atoms with Crippen LogP contribution in [-0.2, 0) is 14.8 Å². The third kappa shape index (κ3) is 3.47. The number of nitrogens with one attached hydrogen (secondary N) is 1. The summed E-state index contributed by atoms with van der Waals surface area (Å²) in [6, 6.07) is 3.48. The van der Waals surface area contributed by atoms with E-state index in [1.54, 1.807) is 0 Å². The van der Waals surface area contributed by atoms with Crippen molar-refractivity contribution in [2.24, 2.45) is 5.41 Å². The highest BCUT2D eigenvalue weighted by molar-refractivity contribution is 7.89. The SMILES string of the molecule is CC1(CNS(=O)(=O)c2ccc(N)c(F)c2)CCOCC1. The van der Waals surface area contributed by atoms with E-state index in [9.17, 15) is 12.8 Å². The first-order valence-electron chi connectivity index (χ1n) is 6.45. The van der Waals surface area contributed by atoms with E-state index in [-0.39, 0.29) is 16.0 Å². The van der Waals surface area contributed by atoms with E-state index < -0.39 is 15.8 Å². The van der Waals surface area contributed by atoms with Crippen molar-refractivity contribution in [1.82, 2.24) is 4.72 Å². The Morgan fingerprint density at radius 3 is 2.65 bits per heavy atom. The topological polar surface area (TPSA) is 81.4 Å². The summed E-state index contributed by atoms with van der Waals surface area (Å²) in [6.07, 6.45) is 1.59. The molecule has 0 aliphatic carbocycles. The van der Waals surface area contributed by atoms with Gasteiger partial charge in [0.05, 0.1) is 10.6 Å². The van der Waals surface area contributed by atoms with Gasteiger partial charge in [-0.1, -0.05) is 6.92 Å². The molecule has 0 unspecified atom stereocenters. The molecule has 1 aliphatic rings. The van der Waals surface area contributed by atoms with Crippen LogP contribution in [0.1, 0.15) is 19.8 Å². The molecule has 7 heteroatoms. The number of rotatable bonds is 4. The van der Waals surface area contributed by atoms with Gasteiger partial charge in [0.25, 0.3) is 0 Å². The van der Waals surface area contributed by atoms with Gasteiger partial charge < -0.3 is 10.5 Å². The van der Waals surface area contributed by atoms with Gasteiger partial charge in [0, 0.05) is 19.8 Å². The summed E-state index contributed by atoms with van der Waals surface area (Å²) < 4.78 is 45.4. The number of ether oxygens (including phenoxy) is 1. The van der Waals surface area contributed by atoms with Crippen molar-refractivity contribution in [3.05, 3.63) is 24.0 Å². The third-order valence-corrected chi connectivity index (χ3v) is 5.07. The van der Waals surface area contributed by atoms with Crippen molar-refractivity contribution in [1.29, 1.82) is 0 Å². The fourth-order valence-corrected chi connectivity index (χ4v) is 3.28. The molecule has 1 aromatic rings. The van der Waals surface area contributed by atoms with Crippen LogP contribution < -0.4 is 10.5 Å². The van der Waals surface area contributed by atoms with E-state index >= 15 is 0 Å². The molecular weight excluding hydrogens is 283 g/mol. The van der Waals surface area contributed by atoms with Crippen LogP contribution in [0.2, 0.25) is 0 Å². The Morgan fingerprint density at radius 2 is 2.05 bits per heavy atom. The largest absolute Gasteiger partial charge is 0.396 e. The van der Waals surface area contributed by atoms with Gasteiger partial charge in [-0.3, -0.25) is 0 Å². The lowest BCUT2D eigenvalue weighted by Gasteiger charge is -2.33. The monoisotopic (exact) mass is 302 g/mol. The second-order valence-electron chi connectivity index (χ2n) is 5.43. The van der Waals surface area contributed by atoms with Crippen molar-refractivity contribution in [2.45, 2.75) is 24.7 Å². The zero-order valence-electron chi connectivity index (χ0n) is 11.4. The van der Waals surface area contributed by atoms with E-state index in [4.69, 9.17) is 10.5 Å². The minimum atomic E-state index is -3.72. The molecular formula is C13H19FN2O3S. The molecule has 0 atom stereocenters. The first kappa shape index (κ1) is 15.2. The Bertz CT molecular complexity index is 583. The van der Waals surface area contributed by atoms with Gasteiger partial charge in [0.2, 0.25) is 10.0 Å². The van der Waals surface area contributed by atoms with Gasteiger partial charge in [-0.05, 0) is 36.5 Å². The van der Waals surface area contributed by atoms with Gasteiger partial charge in [-0.25, -0.2) is 17.5 Å². The van der Waals surface area contributed by atoms with E-state index in [0.717, 1.165) is 18.9 Å². The Hall–Kier alpha value is -1.18. The van der Waals surface area contributed by atoms with E-state index in [2.05, 4.69) is 4.72 Å². The molecule has 0 spiro atoms. The lowest BCUT2D eigenvalue weighted by Crippen LogP contribution is -2.39. The van der Waals surface area contributed by atoms with Crippen LogP contribution in [0.5, 0.6) is 0 Å². The van der Waals surface area contributed by atoms with Crippen LogP contribution in [0.4, 0.5) is 10.1 Å². The first-order valence-corrected chi connectivity index (χ1v) is 7.93. The summed E-state index contributed by atoms with van der Waals surface area (Å²) in [5.41, 5.74) is 5.14. The van der Waals surface area contributed by atoms with E-state index in [1.807, 2.05) is 6.92 Å². The van der Waals surface area contributed by atoms with Crippen LogP contribution in [0, 0.1) is 11.2 Å². The van der Waals surface area contributed by atoms with Crippen LogP contribution in [0.25, 0.3) is 0 Å². The Kier molecular flexibility index (Phi) is 4.31. The Labute approximate surface area is 118 Å². The number of halogens is 1. The Morgan fingerprint density at radius 1 is 1.40 bits per heavy atom. The molecule has 5 nitrogen and oxygen atoms in total. The van der Waals surface area contributed by atoms with E-state index in [1.165, 1.54) is 12.1 Å². The average Bonchev–Trinajstić information content (AvgIpc) is 2.41. The lowest BCUT2D eigenvalue weighted by atomic mass is 9.83. The predicted molar refractivity (Wildman–Crippen MR) is 74.2 cm³/mol. The Balaban J connectivity index is 2.09. The summed E-state index contributed by atoms with van der Waals surface area (Å²) in [5.74, 6) is -0.731. The maximum absolute atomic E-state index is 13.3. The number of sulfonamides is 1. The summed E-state index contributed by atoms with van der Waals surface area (Å²) in [4.78, 5) is -0.111. The second-order valence-corrected chi connectivity index (χ2v) is 7.20.